The van der Waals surface area contributed by atoms with Crippen LogP contribution in [0.4, 0.5) is 5.69 Å². The first-order valence-electron chi connectivity index (χ1n) is 9.21. The highest BCUT2D eigenvalue weighted by Gasteiger charge is 2.34. The molecule has 1 aliphatic rings. The molecule has 29 heavy (non-hydrogen) atoms. The summed E-state index contributed by atoms with van der Waals surface area (Å²) in [7, 11) is 0. The van der Waals surface area contributed by atoms with Crippen LogP contribution in [0, 0.1) is 10.1 Å². The zero-order chi connectivity index (χ0) is 20.5. The Morgan fingerprint density at radius 1 is 0.966 bits per heavy atom. The molecule has 0 saturated carbocycles. The number of phenolic OH excluding ortho intramolecular Hbond substituents is 3. The zero-order valence-electron chi connectivity index (χ0n) is 15.5. The Hall–Kier alpha value is -3.58. The van der Waals surface area contributed by atoms with E-state index in [1.807, 2.05) is 30.3 Å². The van der Waals surface area contributed by atoms with Gasteiger partial charge in [-0.25, -0.2) is 0 Å². The highest BCUT2D eigenvalue weighted by molar-refractivity contribution is 5.59. The fraction of sp³-hybridized carbons (Fsp3) is 0.182. The first kappa shape index (κ1) is 18.8. The van der Waals surface area contributed by atoms with Crippen molar-refractivity contribution in [1.82, 2.24) is 4.90 Å². The molecule has 7 nitrogen and oxygen atoms in total. The van der Waals surface area contributed by atoms with Gasteiger partial charge in [0.2, 0.25) is 0 Å². The standard InChI is InChI=1S/C22H20N2O5/c25-19-8-6-15(10-21(19)27)17-12-23(11-14-4-2-1-3-5-14)13-18-16(17)7-9-20(26)22(18)24(28)29/h1-10,17,25-27H,11-13H2. The Morgan fingerprint density at radius 3 is 2.38 bits per heavy atom. The summed E-state index contributed by atoms with van der Waals surface area (Å²) in [6.07, 6.45) is 0. The van der Waals surface area contributed by atoms with Crippen molar-refractivity contribution in [3.63, 3.8) is 0 Å². The van der Waals surface area contributed by atoms with Crippen LogP contribution >= 0.6 is 0 Å². The van der Waals surface area contributed by atoms with Gasteiger partial charge in [-0.15, -0.1) is 0 Å². The van der Waals surface area contributed by atoms with Gasteiger partial charge in [-0.2, -0.15) is 0 Å². The van der Waals surface area contributed by atoms with Gasteiger partial charge in [0.15, 0.2) is 17.2 Å². The Balaban J connectivity index is 1.81. The van der Waals surface area contributed by atoms with Crippen molar-refractivity contribution < 1.29 is 20.2 Å². The van der Waals surface area contributed by atoms with E-state index in [1.165, 1.54) is 18.2 Å². The average molecular weight is 392 g/mol. The molecule has 3 aromatic rings. The largest absolute Gasteiger partial charge is 0.504 e. The second kappa shape index (κ2) is 7.44. The first-order valence-corrected chi connectivity index (χ1v) is 9.21. The summed E-state index contributed by atoms with van der Waals surface area (Å²) in [5, 5.41) is 41.4. The van der Waals surface area contributed by atoms with Gasteiger partial charge in [-0.05, 0) is 34.9 Å². The topological polar surface area (TPSA) is 107 Å². The molecule has 4 rings (SSSR count). The van der Waals surface area contributed by atoms with Crippen LogP contribution in [-0.4, -0.2) is 31.7 Å². The van der Waals surface area contributed by atoms with E-state index in [4.69, 9.17) is 0 Å². The van der Waals surface area contributed by atoms with Crippen molar-refractivity contribution in [2.75, 3.05) is 6.54 Å². The number of hydrogen-bond acceptors (Lipinski definition) is 6. The minimum absolute atomic E-state index is 0.220. The third-order valence-electron chi connectivity index (χ3n) is 5.33. The van der Waals surface area contributed by atoms with E-state index in [9.17, 15) is 25.4 Å². The number of nitro benzene ring substituents is 1. The van der Waals surface area contributed by atoms with E-state index < -0.39 is 4.92 Å². The van der Waals surface area contributed by atoms with E-state index in [1.54, 1.807) is 12.1 Å². The average Bonchev–Trinajstić information content (AvgIpc) is 2.69. The lowest BCUT2D eigenvalue weighted by atomic mass is 9.83. The molecule has 0 amide bonds. The summed E-state index contributed by atoms with van der Waals surface area (Å²) in [4.78, 5) is 13.2. The van der Waals surface area contributed by atoms with E-state index in [2.05, 4.69) is 4.90 Å². The fourth-order valence-corrected chi connectivity index (χ4v) is 3.98. The number of aromatic hydroxyl groups is 3. The van der Waals surface area contributed by atoms with E-state index in [-0.39, 0.29) is 28.9 Å². The first-order chi connectivity index (χ1) is 13.9. The molecule has 0 aliphatic carbocycles. The fourth-order valence-electron chi connectivity index (χ4n) is 3.98. The van der Waals surface area contributed by atoms with E-state index >= 15 is 0 Å². The van der Waals surface area contributed by atoms with Gasteiger partial charge in [-0.3, -0.25) is 15.0 Å². The monoisotopic (exact) mass is 392 g/mol. The summed E-state index contributed by atoms with van der Waals surface area (Å²) >= 11 is 0. The number of nitro groups is 1. The van der Waals surface area contributed by atoms with Gasteiger partial charge in [0.1, 0.15) is 0 Å². The molecule has 3 N–H and O–H groups in total. The smallest absolute Gasteiger partial charge is 0.315 e. The minimum Gasteiger partial charge on any atom is -0.504 e. The molecular weight excluding hydrogens is 372 g/mol. The predicted octanol–water partition coefficient (Wildman–Crippen LogP) is 3.86. The van der Waals surface area contributed by atoms with Crippen LogP contribution in [0.15, 0.2) is 60.7 Å². The quantitative estimate of drug-likeness (QED) is 0.354. The molecule has 3 aromatic carbocycles. The van der Waals surface area contributed by atoms with Crippen LogP contribution in [0.1, 0.15) is 28.2 Å². The molecule has 1 heterocycles. The molecule has 1 aliphatic heterocycles. The van der Waals surface area contributed by atoms with Crippen LogP contribution in [-0.2, 0) is 13.1 Å². The summed E-state index contributed by atoms with van der Waals surface area (Å²) in [6, 6.07) is 17.4. The number of rotatable bonds is 4. The maximum Gasteiger partial charge on any atom is 0.315 e. The van der Waals surface area contributed by atoms with Crippen LogP contribution < -0.4 is 0 Å². The number of fused-ring (bicyclic) bond motifs is 1. The molecule has 1 unspecified atom stereocenters. The van der Waals surface area contributed by atoms with Gasteiger partial charge in [0, 0.05) is 25.6 Å². The lowest BCUT2D eigenvalue weighted by Gasteiger charge is -2.35. The Morgan fingerprint density at radius 2 is 1.69 bits per heavy atom. The molecule has 0 saturated heterocycles. The van der Waals surface area contributed by atoms with Crippen molar-refractivity contribution in [3.05, 3.63) is 93.0 Å². The summed E-state index contributed by atoms with van der Waals surface area (Å²) in [5.41, 5.74) is 2.73. The lowest BCUT2D eigenvalue weighted by molar-refractivity contribution is -0.386. The van der Waals surface area contributed by atoms with Crippen molar-refractivity contribution in [3.8, 4) is 17.2 Å². The third-order valence-corrected chi connectivity index (χ3v) is 5.33. The lowest BCUT2D eigenvalue weighted by Crippen LogP contribution is -2.34. The number of nitrogens with zero attached hydrogens (tertiary/aromatic N) is 2. The van der Waals surface area contributed by atoms with Crippen molar-refractivity contribution in [1.29, 1.82) is 0 Å². The van der Waals surface area contributed by atoms with Crippen molar-refractivity contribution in [2.24, 2.45) is 0 Å². The summed E-state index contributed by atoms with van der Waals surface area (Å²) < 4.78 is 0. The van der Waals surface area contributed by atoms with Crippen molar-refractivity contribution in [2.45, 2.75) is 19.0 Å². The number of benzene rings is 3. The molecule has 0 radical (unpaired) electrons. The third kappa shape index (κ3) is 3.60. The van der Waals surface area contributed by atoms with Gasteiger partial charge in [-0.1, -0.05) is 42.5 Å². The molecule has 0 bridgehead atoms. The van der Waals surface area contributed by atoms with E-state index in [0.717, 1.165) is 16.7 Å². The van der Waals surface area contributed by atoms with Crippen molar-refractivity contribution >= 4 is 5.69 Å². The van der Waals surface area contributed by atoms with Gasteiger partial charge in [0.05, 0.1) is 10.5 Å². The zero-order valence-corrected chi connectivity index (χ0v) is 15.5. The van der Waals surface area contributed by atoms with Gasteiger partial charge in [0.25, 0.3) is 0 Å². The highest BCUT2D eigenvalue weighted by atomic mass is 16.6. The summed E-state index contributed by atoms with van der Waals surface area (Å²) in [5.74, 6) is -1.07. The molecule has 7 heteroatoms. The van der Waals surface area contributed by atoms with Crippen LogP contribution in [0.3, 0.4) is 0 Å². The molecular formula is C22H20N2O5. The predicted molar refractivity (Wildman–Crippen MR) is 107 cm³/mol. The molecule has 0 fully saturated rings. The van der Waals surface area contributed by atoms with Gasteiger partial charge >= 0.3 is 5.69 Å². The molecule has 1 atom stereocenters. The second-order valence-corrected chi connectivity index (χ2v) is 7.21. The molecule has 0 spiro atoms. The molecule has 0 aromatic heterocycles. The minimum atomic E-state index is -0.550. The second-order valence-electron chi connectivity index (χ2n) is 7.21. The molecule has 148 valence electrons. The Kier molecular flexibility index (Phi) is 4.82. The highest BCUT2D eigenvalue weighted by Crippen LogP contribution is 2.43. The number of hydrogen-bond donors (Lipinski definition) is 3. The van der Waals surface area contributed by atoms with E-state index in [0.29, 0.717) is 25.2 Å². The Labute approximate surface area is 167 Å². The van der Waals surface area contributed by atoms with Crippen LogP contribution in [0.2, 0.25) is 0 Å². The van der Waals surface area contributed by atoms with Crippen LogP contribution in [0.5, 0.6) is 17.2 Å². The van der Waals surface area contributed by atoms with Crippen LogP contribution in [0.25, 0.3) is 0 Å². The normalized spacial score (nSPS) is 16.3. The maximum absolute atomic E-state index is 11.7. The summed E-state index contributed by atoms with van der Waals surface area (Å²) in [6.45, 7) is 1.50. The number of phenols is 3. The van der Waals surface area contributed by atoms with Gasteiger partial charge < -0.3 is 15.3 Å². The Bertz CT molecular complexity index is 1070. The maximum atomic E-state index is 11.7. The SMILES string of the molecule is O=[N+]([O-])c1c(O)ccc2c1CN(Cc1ccccc1)CC2c1ccc(O)c(O)c1.